The molecule has 0 saturated heterocycles. The van der Waals surface area contributed by atoms with Crippen molar-refractivity contribution in [1.82, 2.24) is 0 Å². The molecule has 52 valence electrons. The van der Waals surface area contributed by atoms with E-state index in [0.717, 1.165) is 13.2 Å². The van der Waals surface area contributed by atoms with E-state index >= 15 is 0 Å². The van der Waals surface area contributed by atoms with Crippen molar-refractivity contribution in [3.05, 3.63) is 12.7 Å². The van der Waals surface area contributed by atoms with E-state index < -0.39 is 12.1 Å². The number of carbonyl (C=O) groups excluding carboxylic acids is 2. The van der Waals surface area contributed by atoms with Gasteiger partial charge in [0.25, 0.3) is 0 Å². The van der Waals surface area contributed by atoms with E-state index in [1.807, 2.05) is 0 Å². The summed E-state index contributed by atoms with van der Waals surface area (Å²) in [4.78, 5) is 20.2. The SMILES string of the molecule is C=CC(=O)OC(=O)OC.[H-].[K+]. The molecule has 0 unspecified atom stereocenters. The molecule has 0 aromatic rings. The van der Waals surface area contributed by atoms with Gasteiger partial charge in [0.15, 0.2) is 0 Å². The molecule has 0 saturated carbocycles. The van der Waals surface area contributed by atoms with Crippen LogP contribution in [0.15, 0.2) is 12.7 Å². The van der Waals surface area contributed by atoms with Gasteiger partial charge in [0, 0.05) is 6.08 Å². The Labute approximate surface area is 102 Å². The number of carbonyl (C=O) groups is 2. The number of methoxy groups -OCH3 is 1. The van der Waals surface area contributed by atoms with Gasteiger partial charge in [-0.05, 0) is 0 Å². The van der Waals surface area contributed by atoms with Gasteiger partial charge in [0.1, 0.15) is 0 Å². The molecule has 0 fully saturated rings. The third-order valence-electron chi connectivity index (χ3n) is 0.517. The summed E-state index contributed by atoms with van der Waals surface area (Å²) in [6.45, 7) is 3.07. The molecule has 0 amide bonds. The van der Waals surface area contributed by atoms with Crippen LogP contribution >= 0.6 is 0 Å². The Hall–Kier alpha value is 0.316. The Morgan fingerprint density at radius 3 is 2.40 bits per heavy atom. The molecule has 4 nitrogen and oxygen atoms in total. The first-order valence-corrected chi connectivity index (χ1v) is 2.13. The van der Waals surface area contributed by atoms with Gasteiger partial charge in [-0.1, -0.05) is 6.58 Å². The predicted molar refractivity (Wildman–Crippen MR) is 29.8 cm³/mol. The Balaban J connectivity index is -0.000000320. The largest absolute Gasteiger partial charge is 1.00 e. The van der Waals surface area contributed by atoms with Gasteiger partial charge in [-0.3, -0.25) is 0 Å². The molecule has 0 aromatic heterocycles. The summed E-state index contributed by atoms with van der Waals surface area (Å²) in [6.07, 6.45) is -0.156. The van der Waals surface area contributed by atoms with E-state index in [2.05, 4.69) is 16.1 Å². The zero-order valence-corrected chi connectivity index (χ0v) is 9.04. The molecule has 5 heteroatoms. The Kier molecular flexibility index (Phi) is 9.61. The smallest absolute Gasteiger partial charge is 1.00 e. The van der Waals surface area contributed by atoms with Crippen molar-refractivity contribution >= 4 is 12.1 Å². The monoisotopic (exact) mass is 170 g/mol. The van der Waals surface area contributed by atoms with Gasteiger partial charge in [-0.2, -0.15) is 0 Å². The fraction of sp³-hybridized carbons (Fsp3) is 0.200. The molecule has 0 bridgehead atoms. The number of ether oxygens (including phenoxy) is 2. The third-order valence-corrected chi connectivity index (χ3v) is 0.517. The third kappa shape index (κ3) is 6.44. The number of hydrogen-bond donors (Lipinski definition) is 0. The van der Waals surface area contributed by atoms with E-state index in [0.29, 0.717) is 0 Å². The minimum Gasteiger partial charge on any atom is -1.00 e. The topological polar surface area (TPSA) is 52.6 Å². The van der Waals surface area contributed by atoms with E-state index in [-0.39, 0.29) is 52.8 Å². The second kappa shape index (κ2) is 7.42. The summed E-state index contributed by atoms with van der Waals surface area (Å²) in [5.74, 6) is -0.818. The Morgan fingerprint density at radius 2 is 2.10 bits per heavy atom. The van der Waals surface area contributed by atoms with Crippen LogP contribution < -0.4 is 51.4 Å². The summed E-state index contributed by atoms with van der Waals surface area (Å²) in [5, 5.41) is 0. The maximum Gasteiger partial charge on any atom is 1.00 e. The van der Waals surface area contributed by atoms with Gasteiger partial charge in [0.05, 0.1) is 7.11 Å². The van der Waals surface area contributed by atoms with Gasteiger partial charge >= 0.3 is 63.5 Å². The number of esters is 1. The fourth-order valence-electron chi connectivity index (χ4n) is 0.165. The van der Waals surface area contributed by atoms with E-state index in [9.17, 15) is 9.59 Å². The minimum atomic E-state index is -1.03. The molecule has 0 atom stereocenters. The summed E-state index contributed by atoms with van der Waals surface area (Å²) < 4.78 is 7.92. The molecule has 0 aliphatic carbocycles. The first-order chi connectivity index (χ1) is 4.20. The molecule has 0 N–H and O–H groups in total. The standard InChI is InChI=1S/C5H6O4.K.H/c1-3-4(6)9-5(7)8-2;;/h3H,1H2,2H3;;/q;+1;-1. The molecule has 0 aliphatic rings. The molecule has 0 aromatic carbocycles. The van der Waals surface area contributed by atoms with Gasteiger partial charge in [-0.25, -0.2) is 9.59 Å². The van der Waals surface area contributed by atoms with Crippen LogP contribution in [0.5, 0.6) is 0 Å². The predicted octanol–water partition coefficient (Wildman–Crippen LogP) is -2.40. The van der Waals surface area contributed by atoms with E-state index in [1.54, 1.807) is 0 Å². The first-order valence-electron chi connectivity index (χ1n) is 2.13. The summed E-state index contributed by atoms with van der Waals surface area (Å²) in [7, 11) is 1.11. The molecule has 0 aliphatic heterocycles. The maximum absolute atomic E-state index is 10.1. The molecule has 0 radical (unpaired) electrons. The van der Waals surface area contributed by atoms with Gasteiger partial charge in [0.2, 0.25) is 0 Å². The summed E-state index contributed by atoms with van der Waals surface area (Å²) in [6, 6.07) is 0. The molecule has 0 heterocycles. The summed E-state index contributed by atoms with van der Waals surface area (Å²) >= 11 is 0. The second-order valence-corrected chi connectivity index (χ2v) is 1.08. The maximum atomic E-state index is 10.1. The minimum absolute atomic E-state index is 0. The van der Waals surface area contributed by atoms with Crippen LogP contribution in [0.4, 0.5) is 4.79 Å². The quantitative estimate of drug-likeness (QED) is 0.190. The van der Waals surface area contributed by atoms with Crippen LogP contribution in [0, 0.1) is 0 Å². The molecular weight excluding hydrogens is 163 g/mol. The van der Waals surface area contributed by atoms with Crippen LogP contribution in [0.25, 0.3) is 0 Å². The summed E-state index contributed by atoms with van der Waals surface area (Å²) in [5.41, 5.74) is 0. The zero-order valence-electron chi connectivity index (χ0n) is 6.92. The Morgan fingerprint density at radius 1 is 1.60 bits per heavy atom. The van der Waals surface area contributed by atoms with Gasteiger partial charge < -0.3 is 10.9 Å². The molecule has 10 heavy (non-hydrogen) atoms. The van der Waals surface area contributed by atoms with Crippen molar-refractivity contribution in [2.75, 3.05) is 7.11 Å². The average Bonchev–Trinajstić information content (AvgIpc) is 1.87. The molecular formula is C5H7KO4. The van der Waals surface area contributed by atoms with Gasteiger partial charge in [-0.15, -0.1) is 0 Å². The van der Waals surface area contributed by atoms with Crippen LogP contribution in [-0.4, -0.2) is 19.2 Å². The Bertz CT molecular complexity index is 147. The van der Waals surface area contributed by atoms with Crippen molar-refractivity contribution in [2.24, 2.45) is 0 Å². The van der Waals surface area contributed by atoms with Crippen molar-refractivity contribution in [3.63, 3.8) is 0 Å². The normalized spacial score (nSPS) is 6.90. The first kappa shape index (κ1) is 12.9. The van der Waals surface area contributed by atoms with Crippen molar-refractivity contribution in [1.29, 1.82) is 0 Å². The number of rotatable bonds is 1. The number of hydrogen-bond acceptors (Lipinski definition) is 4. The average molecular weight is 170 g/mol. The van der Waals surface area contributed by atoms with Crippen LogP contribution in [-0.2, 0) is 14.3 Å². The molecule has 0 rings (SSSR count). The molecule has 0 spiro atoms. The fourth-order valence-corrected chi connectivity index (χ4v) is 0.165. The van der Waals surface area contributed by atoms with Crippen molar-refractivity contribution in [2.45, 2.75) is 0 Å². The van der Waals surface area contributed by atoms with E-state index in [4.69, 9.17) is 0 Å². The van der Waals surface area contributed by atoms with Crippen molar-refractivity contribution in [3.8, 4) is 0 Å². The zero-order chi connectivity index (χ0) is 7.28. The van der Waals surface area contributed by atoms with Crippen LogP contribution in [0.2, 0.25) is 0 Å². The van der Waals surface area contributed by atoms with E-state index in [1.165, 1.54) is 0 Å². The second-order valence-electron chi connectivity index (χ2n) is 1.08. The van der Waals surface area contributed by atoms with Crippen molar-refractivity contribution < 1.29 is 71.9 Å². The van der Waals surface area contributed by atoms with Crippen LogP contribution in [0.3, 0.4) is 0 Å². The van der Waals surface area contributed by atoms with Crippen LogP contribution in [0.1, 0.15) is 1.43 Å².